The molecule has 0 heterocycles. The van der Waals surface area contributed by atoms with E-state index in [0.29, 0.717) is 10.0 Å². The molecule has 0 aliphatic heterocycles. The van der Waals surface area contributed by atoms with E-state index in [-0.39, 0.29) is 11.7 Å². The van der Waals surface area contributed by atoms with Crippen molar-refractivity contribution in [2.45, 2.75) is 12.8 Å². The molecule has 1 atom stereocenters. The summed E-state index contributed by atoms with van der Waals surface area (Å²) in [6, 6.07) is 13.0. The third-order valence-electron chi connectivity index (χ3n) is 2.80. The summed E-state index contributed by atoms with van der Waals surface area (Å²) in [5.74, 6) is 0.181. The average molecular weight is 267 g/mol. The van der Waals surface area contributed by atoms with Gasteiger partial charge in [0.05, 0.1) is 0 Å². The highest BCUT2D eigenvalue weighted by molar-refractivity contribution is 6.36. The summed E-state index contributed by atoms with van der Waals surface area (Å²) in [5, 5.41) is 10.4. The van der Waals surface area contributed by atoms with Gasteiger partial charge in [0.1, 0.15) is 5.75 Å². The van der Waals surface area contributed by atoms with E-state index in [0.717, 1.165) is 11.1 Å². The average Bonchev–Trinajstić information content (AvgIpc) is 2.28. The van der Waals surface area contributed by atoms with Gasteiger partial charge in [-0.25, -0.2) is 0 Å². The molecular formula is C14H12Cl2O. The Balaban J connectivity index is 2.48. The highest BCUT2D eigenvalue weighted by atomic mass is 35.5. The quantitative estimate of drug-likeness (QED) is 0.824. The van der Waals surface area contributed by atoms with Crippen molar-refractivity contribution in [3.63, 3.8) is 0 Å². The predicted molar refractivity (Wildman–Crippen MR) is 72.1 cm³/mol. The second-order valence-corrected chi connectivity index (χ2v) is 4.77. The lowest BCUT2D eigenvalue weighted by Crippen LogP contribution is -1.98. The molecule has 0 aliphatic rings. The van der Waals surface area contributed by atoms with E-state index in [1.165, 1.54) is 12.1 Å². The SMILES string of the molecule is CC(c1ccccc1)c1c(Cl)cc(O)cc1Cl. The van der Waals surface area contributed by atoms with Gasteiger partial charge in [0.2, 0.25) is 0 Å². The number of rotatable bonds is 2. The van der Waals surface area contributed by atoms with E-state index < -0.39 is 0 Å². The van der Waals surface area contributed by atoms with Gasteiger partial charge in [-0.05, 0) is 23.3 Å². The Hall–Kier alpha value is -1.18. The fourth-order valence-electron chi connectivity index (χ4n) is 1.89. The molecule has 2 aromatic carbocycles. The van der Waals surface area contributed by atoms with Crippen LogP contribution in [0.5, 0.6) is 5.75 Å². The van der Waals surface area contributed by atoms with Crippen LogP contribution in [-0.4, -0.2) is 5.11 Å². The first-order chi connectivity index (χ1) is 8.09. The molecule has 0 aliphatic carbocycles. The summed E-state index contributed by atoms with van der Waals surface area (Å²) in [6.07, 6.45) is 0. The first-order valence-electron chi connectivity index (χ1n) is 5.32. The van der Waals surface area contributed by atoms with Gasteiger partial charge in [-0.2, -0.15) is 0 Å². The Bertz CT molecular complexity index is 500. The van der Waals surface area contributed by atoms with E-state index in [1.54, 1.807) is 0 Å². The maximum atomic E-state index is 9.40. The molecule has 1 N–H and O–H groups in total. The molecule has 0 saturated heterocycles. The van der Waals surface area contributed by atoms with Gasteiger partial charge >= 0.3 is 0 Å². The van der Waals surface area contributed by atoms with Crippen molar-refractivity contribution in [2.24, 2.45) is 0 Å². The van der Waals surface area contributed by atoms with Crippen LogP contribution in [0.15, 0.2) is 42.5 Å². The molecule has 0 bridgehead atoms. The molecule has 1 nitrogen and oxygen atoms in total. The maximum absolute atomic E-state index is 9.40. The highest BCUT2D eigenvalue weighted by Gasteiger charge is 2.16. The number of benzene rings is 2. The lowest BCUT2D eigenvalue weighted by atomic mass is 9.93. The second kappa shape index (κ2) is 4.99. The minimum Gasteiger partial charge on any atom is -0.508 e. The molecule has 0 radical (unpaired) electrons. The van der Waals surface area contributed by atoms with Gasteiger partial charge in [-0.3, -0.25) is 0 Å². The predicted octanol–water partition coefficient (Wildman–Crippen LogP) is 4.85. The largest absolute Gasteiger partial charge is 0.508 e. The van der Waals surface area contributed by atoms with Crippen LogP contribution >= 0.6 is 23.2 Å². The summed E-state index contributed by atoms with van der Waals surface area (Å²) in [4.78, 5) is 0. The molecule has 0 spiro atoms. The number of halogens is 2. The van der Waals surface area contributed by atoms with Crippen molar-refractivity contribution < 1.29 is 5.11 Å². The fraction of sp³-hybridized carbons (Fsp3) is 0.143. The third-order valence-corrected chi connectivity index (χ3v) is 3.42. The zero-order valence-electron chi connectivity index (χ0n) is 9.32. The Kier molecular flexibility index (Phi) is 3.60. The zero-order chi connectivity index (χ0) is 12.4. The normalized spacial score (nSPS) is 12.4. The molecule has 1 unspecified atom stereocenters. The molecule has 2 aromatic rings. The van der Waals surface area contributed by atoms with Crippen LogP contribution < -0.4 is 0 Å². The van der Waals surface area contributed by atoms with Crippen LogP contribution in [0, 0.1) is 0 Å². The molecule has 0 saturated carbocycles. The molecule has 2 rings (SSSR count). The van der Waals surface area contributed by atoms with Crippen molar-refractivity contribution in [1.82, 2.24) is 0 Å². The molecule has 17 heavy (non-hydrogen) atoms. The molecule has 0 aromatic heterocycles. The number of hydrogen-bond acceptors (Lipinski definition) is 1. The summed E-state index contributed by atoms with van der Waals surface area (Å²) in [6.45, 7) is 2.04. The van der Waals surface area contributed by atoms with Crippen LogP contribution in [0.1, 0.15) is 24.0 Å². The molecule has 88 valence electrons. The summed E-state index contributed by atoms with van der Waals surface area (Å²) >= 11 is 12.3. The number of phenols is 1. The number of aromatic hydroxyl groups is 1. The highest BCUT2D eigenvalue weighted by Crippen LogP contribution is 2.37. The van der Waals surface area contributed by atoms with E-state index in [1.807, 2.05) is 37.3 Å². The second-order valence-electron chi connectivity index (χ2n) is 3.96. The van der Waals surface area contributed by atoms with Crippen LogP contribution in [0.4, 0.5) is 0 Å². The Morgan fingerprint density at radius 1 is 1.00 bits per heavy atom. The summed E-state index contributed by atoms with van der Waals surface area (Å²) < 4.78 is 0. The van der Waals surface area contributed by atoms with Crippen LogP contribution in [0.3, 0.4) is 0 Å². The monoisotopic (exact) mass is 266 g/mol. The van der Waals surface area contributed by atoms with Crippen molar-refractivity contribution in [2.75, 3.05) is 0 Å². The van der Waals surface area contributed by atoms with Crippen LogP contribution in [-0.2, 0) is 0 Å². The first-order valence-corrected chi connectivity index (χ1v) is 6.08. The smallest absolute Gasteiger partial charge is 0.118 e. The number of hydrogen-bond donors (Lipinski definition) is 1. The Labute approximate surface area is 111 Å². The van der Waals surface area contributed by atoms with Crippen molar-refractivity contribution >= 4 is 23.2 Å². The maximum Gasteiger partial charge on any atom is 0.118 e. The summed E-state index contributed by atoms with van der Waals surface area (Å²) in [5.41, 5.74) is 1.99. The van der Waals surface area contributed by atoms with Crippen LogP contribution in [0.2, 0.25) is 10.0 Å². The zero-order valence-corrected chi connectivity index (χ0v) is 10.8. The Morgan fingerprint density at radius 2 is 1.53 bits per heavy atom. The first kappa shape index (κ1) is 12.3. The van der Waals surface area contributed by atoms with Crippen LogP contribution in [0.25, 0.3) is 0 Å². The minimum atomic E-state index is 0.0870. The van der Waals surface area contributed by atoms with Crippen molar-refractivity contribution in [1.29, 1.82) is 0 Å². The lowest BCUT2D eigenvalue weighted by molar-refractivity contribution is 0.475. The van der Waals surface area contributed by atoms with E-state index in [4.69, 9.17) is 23.2 Å². The van der Waals surface area contributed by atoms with Gasteiger partial charge in [-0.1, -0.05) is 60.5 Å². The van der Waals surface area contributed by atoms with E-state index in [2.05, 4.69) is 0 Å². The number of phenolic OH excluding ortho intramolecular Hbond substituents is 1. The standard InChI is InChI=1S/C14H12Cl2O/c1-9(10-5-3-2-4-6-10)14-12(15)7-11(17)8-13(14)16/h2-9,17H,1H3. The van der Waals surface area contributed by atoms with E-state index >= 15 is 0 Å². The molecule has 3 heteroatoms. The molecule has 0 amide bonds. The van der Waals surface area contributed by atoms with Gasteiger partial charge in [0.15, 0.2) is 0 Å². The third kappa shape index (κ3) is 2.56. The minimum absolute atomic E-state index is 0.0870. The Morgan fingerprint density at radius 3 is 2.06 bits per heavy atom. The van der Waals surface area contributed by atoms with Gasteiger partial charge in [0, 0.05) is 16.0 Å². The van der Waals surface area contributed by atoms with Gasteiger partial charge in [-0.15, -0.1) is 0 Å². The fourth-order valence-corrected chi connectivity index (χ4v) is 2.70. The molecular weight excluding hydrogens is 255 g/mol. The topological polar surface area (TPSA) is 20.2 Å². The molecule has 0 fully saturated rings. The van der Waals surface area contributed by atoms with Gasteiger partial charge in [0.25, 0.3) is 0 Å². The van der Waals surface area contributed by atoms with Crippen molar-refractivity contribution in [3.05, 3.63) is 63.6 Å². The van der Waals surface area contributed by atoms with Crippen molar-refractivity contribution in [3.8, 4) is 5.75 Å². The van der Waals surface area contributed by atoms with E-state index in [9.17, 15) is 5.11 Å². The summed E-state index contributed by atoms with van der Waals surface area (Å²) in [7, 11) is 0. The van der Waals surface area contributed by atoms with Gasteiger partial charge < -0.3 is 5.11 Å². The lowest BCUT2D eigenvalue weighted by Gasteiger charge is -2.16.